The van der Waals surface area contributed by atoms with E-state index >= 15 is 0 Å². The molecule has 0 bridgehead atoms. The summed E-state index contributed by atoms with van der Waals surface area (Å²) in [7, 11) is -0.350. The van der Waals surface area contributed by atoms with Gasteiger partial charge in [0.15, 0.2) is 5.79 Å². The zero-order valence-corrected chi connectivity index (χ0v) is 13.6. The van der Waals surface area contributed by atoms with Gasteiger partial charge in [0.05, 0.1) is 11.5 Å². The van der Waals surface area contributed by atoms with Crippen molar-refractivity contribution in [2.75, 3.05) is 32.6 Å². The first-order chi connectivity index (χ1) is 9.71. The number of hydrogen-bond donors (Lipinski definition) is 1. The SMILES string of the molecule is CN(C)S(=O)(=O)c1ccc(NCC2COC(C)(C)O2)cc1. The molecular formula is C14H22N2O4S. The molecule has 0 aliphatic carbocycles. The van der Waals surface area contributed by atoms with E-state index in [9.17, 15) is 8.42 Å². The van der Waals surface area contributed by atoms with Crippen LogP contribution in [0.1, 0.15) is 13.8 Å². The predicted molar refractivity (Wildman–Crippen MR) is 80.7 cm³/mol. The van der Waals surface area contributed by atoms with Crippen LogP contribution in [0.15, 0.2) is 29.2 Å². The lowest BCUT2D eigenvalue weighted by molar-refractivity contribution is -0.136. The van der Waals surface area contributed by atoms with Crippen molar-refractivity contribution >= 4 is 15.7 Å². The molecule has 7 heteroatoms. The number of nitrogens with zero attached hydrogens (tertiary/aromatic N) is 1. The molecule has 0 saturated carbocycles. The van der Waals surface area contributed by atoms with Crippen LogP contribution in [0.5, 0.6) is 0 Å². The first-order valence-electron chi connectivity index (χ1n) is 6.79. The van der Waals surface area contributed by atoms with Crippen LogP contribution in [0.25, 0.3) is 0 Å². The van der Waals surface area contributed by atoms with E-state index < -0.39 is 15.8 Å². The third kappa shape index (κ3) is 3.94. The highest BCUT2D eigenvalue weighted by atomic mass is 32.2. The smallest absolute Gasteiger partial charge is 0.242 e. The minimum absolute atomic E-state index is 0.00909. The Morgan fingerprint density at radius 3 is 2.38 bits per heavy atom. The molecule has 0 radical (unpaired) electrons. The van der Waals surface area contributed by atoms with Gasteiger partial charge in [-0.3, -0.25) is 0 Å². The monoisotopic (exact) mass is 314 g/mol. The first kappa shape index (κ1) is 16.2. The van der Waals surface area contributed by atoms with Gasteiger partial charge in [0, 0.05) is 26.3 Å². The summed E-state index contributed by atoms with van der Waals surface area (Å²) in [4.78, 5) is 0.277. The summed E-state index contributed by atoms with van der Waals surface area (Å²) in [6, 6.07) is 6.68. The van der Waals surface area contributed by atoms with Crippen molar-refractivity contribution in [2.45, 2.75) is 30.6 Å². The van der Waals surface area contributed by atoms with E-state index in [4.69, 9.17) is 9.47 Å². The van der Waals surface area contributed by atoms with Crippen LogP contribution in [0, 0.1) is 0 Å². The number of benzene rings is 1. The van der Waals surface area contributed by atoms with E-state index in [1.807, 2.05) is 13.8 Å². The maximum atomic E-state index is 12.0. The number of rotatable bonds is 5. The van der Waals surface area contributed by atoms with Gasteiger partial charge in [-0.05, 0) is 38.1 Å². The van der Waals surface area contributed by atoms with Gasteiger partial charge in [0.2, 0.25) is 10.0 Å². The van der Waals surface area contributed by atoms with E-state index in [0.717, 1.165) is 5.69 Å². The van der Waals surface area contributed by atoms with E-state index in [1.54, 1.807) is 24.3 Å². The highest BCUT2D eigenvalue weighted by Crippen LogP contribution is 2.23. The third-order valence-electron chi connectivity index (χ3n) is 3.23. The fourth-order valence-corrected chi connectivity index (χ4v) is 2.95. The molecule has 21 heavy (non-hydrogen) atoms. The van der Waals surface area contributed by atoms with Gasteiger partial charge >= 0.3 is 0 Å². The summed E-state index contributed by atoms with van der Waals surface area (Å²) in [5.74, 6) is -0.532. The Morgan fingerprint density at radius 2 is 1.90 bits per heavy atom. The van der Waals surface area contributed by atoms with Crippen LogP contribution >= 0.6 is 0 Å². The molecule has 1 heterocycles. The number of anilines is 1. The lowest BCUT2D eigenvalue weighted by atomic mass is 10.3. The molecule has 2 rings (SSSR count). The molecule has 1 atom stereocenters. The Bertz CT molecular complexity index is 581. The molecule has 118 valence electrons. The summed E-state index contributed by atoms with van der Waals surface area (Å²) in [6.07, 6.45) is -0.00909. The maximum Gasteiger partial charge on any atom is 0.242 e. The molecule has 1 fully saturated rings. The molecule has 1 aromatic rings. The zero-order valence-electron chi connectivity index (χ0n) is 12.8. The Labute approximate surface area is 126 Å². The second-order valence-corrected chi connectivity index (χ2v) is 7.80. The largest absolute Gasteiger partial charge is 0.382 e. The van der Waals surface area contributed by atoms with Crippen molar-refractivity contribution in [3.05, 3.63) is 24.3 Å². The fraction of sp³-hybridized carbons (Fsp3) is 0.571. The Hall–Kier alpha value is -1.15. The lowest BCUT2D eigenvalue weighted by Crippen LogP contribution is -2.26. The van der Waals surface area contributed by atoms with Gasteiger partial charge < -0.3 is 14.8 Å². The normalized spacial score (nSPS) is 21.7. The summed E-state index contributed by atoms with van der Waals surface area (Å²) in [5.41, 5.74) is 0.848. The highest BCUT2D eigenvalue weighted by molar-refractivity contribution is 7.89. The van der Waals surface area contributed by atoms with E-state index in [2.05, 4.69) is 5.32 Å². The van der Waals surface area contributed by atoms with Gasteiger partial charge in [0.1, 0.15) is 6.10 Å². The predicted octanol–water partition coefficient (Wildman–Crippen LogP) is 1.50. The molecule has 0 aromatic heterocycles. The topological polar surface area (TPSA) is 67.9 Å². The molecule has 1 aromatic carbocycles. The summed E-state index contributed by atoms with van der Waals surface area (Å²) in [6.45, 7) is 4.93. The third-order valence-corrected chi connectivity index (χ3v) is 5.06. The van der Waals surface area contributed by atoms with Crippen molar-refractivity contribution < 1.29 is 17.9 Å². The van der Waals surface area contributed by atoms with Crippen molar-refractivity contribution in [1.82, 2.24) is 4.31 Å². The van der Waals surface area contributed by atoms with Crippen molar-refractivity contribution in [3.63, 3.8) is 0 Å². The second kappa shape index (κ2) is 5.92. The molecule has 1 N–H and O–H groups in total. The van der Waals surface area contributed by atoms with Crippen molar-refractivity contribution in [1.29, 1.82) is 0 Å². The standard InChI is InChI=1S/C14H22N2O4S/c1-14(2)19-10-12(20-14)9-15-11-5-7-13(8-6-11)21(17,18)16(3)4/h5-8,12,15H,9-10H2,1-4H3. The number of sulfonamides is 1. The fourth-order valence-electron chi connectivity index (χ4n) is 2.05. The minimum atomic E-state index is -3.38. The number of nitrogens with one attached hydrogen (secondary N) is 1. The van der Waals surface area contributed by atoms with Gasteiger partial charge in [-0.2, -0.15) is 0 Å². The van der Waals surface area contributed by atoms with Crippen molar-refractivity contribution in [3.8, 4) is 0 Å². The quantitative estimate of drug-likeness (QED) is 0.892. The van der Waals surface area contributed by atoms with Gasteiger partial charge in [-0.1, -0.05) is 0 Å². The first-order valence-corrected chi connectivity index (χ1v) is 8.23. The molecule has 6 nitrogen and oxygen atoms in total. The molecule has 1 aliphatic rings. The molecule has 0 amide bonds. The van der Waals surface area contributed by atoms with Crippen LogP contribution in [0.4, 0.5) is 5.69 Å². The van der Waals surface area contributed by atoms with Crippen LogP contribution in [0.2, 0.25) is 0 Å². The van der Waals surface area contributed by atoms with Crippen LogP contribution < -0.4 is 5.32 Å². The Balaban J connectivity index is 1.95. The maximum absolute atomic E-state index is 12.0. The Kier molecular flexibility index (Phi) is 4.57. The van der Waals surface area contributed by atoms with Crippen LogP contribution in [0.3, 0.4) is 0 Å². The average Bonchev–Trinajstić information content (AvgIpc) is 2.76. The van der Waals surface area contributed by atoms with Gasteiger partial charge in [0.25, 0.3) is 0 Å². The Morgan fingerprint density at radius 1 is 1.29 bits per heavy atom. The van der Waals surface area contributed by atoms with Gasteiger partial charge in [-0.15, -0.1) is 0 Å². The molecular weight excluding hydrogens is 292 g/mol. The zero-order chi connectivity index (χ0) is 15.7. The van der Waals surface area contributed by atoms with Gasteiger partial charge in [-0.25, -0.2) is 12.7 Å². The molecule has 1 unspecified atom stereocenters. The lowest BCUT2D eigenvalue weighted by Gasteiger charge is -2.17. The average molecular weight is 314 g/mol. The van der Waals surface area contributed by atoms with Crippen LogP contribution in [-0.2, 0) is 19.5 Å². The highest BCUT2D eigenvalue weighted by Gasteiger charge is 2.32. The summed E-state index contributed by atoms with van der Waals surface area (Å²) >= 11 is 0. The number of ether oxygens (including phenoxy) is 2. The molecule has 1 saturated heterocycles. The molecule has 1 aliphatic heterocycles. The number of hydrogen-bond acceptors (Lipinski definition) is 5. The van der Waals surface area contributed by atoms with Crippen LogP contribution in [-0.4, -0.2) is 51.9 Å². The minimum Gasteiger partial charge on any atom is -0.382 e. The second-order valence-electron chi connectivity index (χ2n) is 5.64. The summed E-state index contributed by atoms with van der Waals surface area (Å²) < 4.78 is 36.3. The van der Waals surface area contributed by atoms with E-state index in [-0.39, 0.29) is 11.0 Å². The summed E-state index contributed by atoms with van der Waals surface area (Å²) in [5, 5.41) is 3.22. The van der Waals surface area contributed by atoms with E-state index in [0.29, 0.717) is 13.2 Å². The molecule has 0 spiro atoms. The van der Waals surface area contributed by atoms with E-state index in [1.165, 1.54) is 18.4 Å². The van der Waals surface area contributed by atoms with Crippen molar-refractivity contribution in [2.24, 2.45) is 0 Å².